The first-order valence-corrected chi connectivity index (χ1v) is 11.2. The Hall–Kier alpha value is -3.78. The van der Waals surface area contributed by atoms with E-state index in [4.69, 9.17) is 4.74 Å². The second-order valence-corrected chi connectivity index (χ2v) is 8.21. The summed E-state index contributed by atoms with van der Waals surface area (Å²) in [6.07, 6.45) is 6.20. The number of fused-ring (bicyclic) bond motifs is 1. The summed E-state index contributed by atoms with van der Waals surface area (Å²) in [6.45, 7) is 1.89. The quantitative estimate of drug-likeness (QED) is 0.416. The molecule has 4 aromatic rings. The molecule has 2 N–H and O–H groups in total. The minimum atomic E-state index is -0.179. The molecule has 2 aromatic carbocycles. The number of benzene rings is 2. The van der Waals surface area contributed by atoms with E-state index < -0.39 is 0 Å². The molecule has 33 heavy (non-hydrogen) atoms. The Morgan fingerprint density at radius 3 is 2.76 bits per heavy atom. The lowest BCUT2D eigenvalue weighted by molar-refractivity contribution is 0.103. The summed E-state index contributed by atoms with van der Waals surface area (Å²) in [4.78, 5) is 31.4. The highest BCUT2D eigenvalue weighted by atomic mass is 16.5. The Balaban J connectivity index is 1.32. The van der Waals surface area contributed by atoms with Crippen molar-refractivity contribution < 1.29 is 14.6 Å². The largest absolute Gasteiger partial charge is 0.436 e. The number of ketones is 1. The number of ether oxygens (including phenoxy) is 1. The van der Waals surface area contributed by atoms with E-state index in [-0.39, 0.29) is 12.4 Å². The average Bonchev–Trinajstić information content (AvgIpc) is 3.29. The summed E-state index contributed by atoms with van der Waals surface area (Å²) in [6, 6.07) is 14.5. The molecule has 0 saturated carbocycles. The van der Waals surface area contributed by atoms with Crippen molar-refractivity contribution >= 4 is 22.6 Å². The van der Waals surface area contributed by atoms with Gasteiger partial charge in [-0.1, -0.05) is 12.1 Å². The summed E-state index contributed by atoms with van der Waals surface area (Å²) < 4.78 is 6.05. The number of aromatic amines is 1. The molecule has 5 rings (SSSR count). The van der Waals surface area contributed by atoms with Crippen LogP contribution in [-0.2, 0) is 0 Å². The van der Waals surface area contributed by atoms with E-state index in [2.05, 4.69) is 24.8 Å². The maximum atomic E-state index is 12.8. The number of anilines is 1. The SMILES string of the molecule is O=C(c1ccc(Oc2nccnc2N2CCCC(CCO)C2)cc1)c1nc2ccccc2[nH]1. The smallest absolute Gasteiger partial charge is 0.263 e. The lowest BCUT2D eigenvalue weighted by atomic mass is 9.95. The monoisotopic (exact) mass is 443 g/mol. The molecule has 2 aromatic heterocycles. The minimum absolute atomic E-state index is 0.179. The summed E-state index contributed by atoms with van der Waals surface area (Å²) in [7, 11) is 0. The highest BCUT2D eigenvalue weighted by molar-refractivity contribution is 6.08. The van der Waals surface area contributed by atoms with Crippen LogP contribution in [-0.4, -0.2) is 50.5 Å². The first-order chi connectivity index (χ1) is 16.2. The second kappa shape index (κ2) is 9.38. The number of imidazole rings is 1. The zero-order valence-corrected chi connectivity index (χ0v) is 18.1. The Labute approximate surface area is 191 Å². The molecule has 168 valence electrons. The van der Waals surface area contributed by atoms with Crippen LogP contribution >= 0.6 is 0 Å². The number of carbonyl (C=O) groups is 1. The van der Waals surface area contributed by atoms with E-state index in [1.165, 1.54) is 0 Å². The van der Waals surface area contributed by atoms with Crippen LogP contribution in [0.5, 0.6) is 11.6 Å². The molecular weight excluding hydrogens is 418 g/mol. The van der Waals surface area contributed by atoms with Gasteiger partial charge >= 0.3 is 0 Å². The van der Waals surface area contributed by atoms with Crippen LogP contribution in [0.3, 0.4) is 0 Å². The summed E-state index contributed by atoms with van der Waals surface area (Å²) in [5.74, 6) is 2.26. The molecule has 1 atom stereocenters. The van der Waals surface area contributed by atoms with Crippen molar-refractivity contribution in [3.63, 3.8) is 0 Å². The first kappa shape index (κ1) is 21.1. The topological polar surface area (TPSA) is 104 Å². The Morgan fingerprint density at radius 1 is 1.12 bits per heavy atom. The second-order valence-electron chi connectivity index (χ2n) is 8.21. The van der Waals surface area contributed by atoms with Crippen molar-refractivity contribution in [3.05, 3.63) is 72.3 Å². The van der Waals surface area contributed by atoms with Gasteiger partial charge < -0.3 is 19.7 Å². The third kappa shape index (κ3) is 4.56. The maximum Gasteiger partial charge on any atom is 0.263 e. The number of nitrogens with one attached hydrogen (secondary N) is 1. The summed E-state index contributed by atoms with van der Waals surface area (Å²) in [5, 5.41) is 9.29. The van der Waals surface area contributed by atoms with Gasteiger partial charge in [-0.25, -0.2) is 15.0 Å². The van der Waals surface area contributed by atoms with Gasteiger partial charge in [0.2, 0.25) is 5.78 Å². The Morgan fingerprint density at radius 2 is 1.94 bits per heavy atom. The summed E-state index contributed by atoms with van der Waals surface area (Å²) in [5.41, 5.74) is 2.11. The zero-order chi connectivity index (χ0) is 22.6. The normalized spacial score (nSPS) is 16.2. The number of aliphatic hydroxyl groups is 1. The predicted molar refractivity (Wildman–Crippen MR) is 125 cm³/mol. The number of carbonyl (C=O) groups excluding carboxylic acids is 1. The lowest BCUT2D eigenvalue weighted by Gasteiger charge is -2.33. The molecule has 0 amide bonds. The van der Waals surface area contributed by atoms with E-state index in [1.807, 2.05) is 24.3 Å². The van der Waals surface area contributed by atoms with Crippen molar-refractivity contribution in [2.24, 2.45) is 5.92 Å². The number of rotatable bonds is 7. The predicted octanol–water partition coefficient (Wildman–Crippen LogP) is 3.98. The highest BCUT2D eigenvalue weighted by Crippen LogP contribution is 2.32. The molecule has 0 radical (unpaired) electrons. The van der Waals surface area contributed by atoms with Gasteiger partial charge in [-0.05, 0) is 61.6 Å². The van der Waals surface area contributed by atoms with Crippen molar-refractivity contribution in [1.82, 2.24) is 19.9 Å². The number of nitrogens with zero attached hydrogens (tertiary/aromatic N) is 4. The molecule has 1 unspecified atom stereocenters. The van der Waals surface area contributed by atoms with Crippen LogP contribution in [0.2, 0.25) is 0 Å². The number of aromatic nitrogens is 4. The molecule has 1 aliphatic heterocycles. The van der Waals surface area contributed by atoms with Gasteiger partial charge in [0, 0.05) is 37.7 Å². The van der Waals surface area contributed by atoms with Crippen LogP contribution in [0.1, 0.15) is 35.4 Å². The molecular formula is C25H25N5O3. The maximum absolute atomic E-state index is 12.8. The van der Waals surface area contributed by atoms with Crippen LogP contribution in [0.15, 0.2) is 60.9 Å². The number of piperidine rings is 1. The zero-order valence-electron chi connectivity index (χ0n) is 18.1. The fourth-order valence-corrected chi connectivity index (χ4v) is 4.27. The number of hydrogen-bond acceptors (Lipinski definition) is 7. The van der Waals surface area contributed by atoms with Crippen molar-refractivity contribution in [2.45, 2.75) is 19.3 Å². The molecule has 0 aliphatic carbocycles. The van der Waals surface area contributed by atoms with E-state index in [0.29, 0.717) is 34.8 Å². The molecule has 0 bridgehead atoms. The van der Waals surface area contributed by atoms with E-state index in [9.17, 15) is 9.90 Å². The number of para-hydroxylation sites is 2. The molecule has 1 aliphatic rings. The van der Waals surface area contributed by atoms with Gasteiger partial charge in [0.05, 0.1) is 11.0 Å². The highest BCUT2D eigenvalue weighted by Gasteiger charge is 2.24. The van der Waals surface area contributed by atoms with Gasteiger partial charge in [-0.2, -0.15) is 0 Å². The fraction of sp³-hybridized carbons (Fsp3) is 0.280. The average molecular weight is 444 g/mol. The molecule has 8 nitrogen and oxygen atoms in total. The Bertz CT molecular complexity index is 1220. The number of H-pyrrole nitrogens is 1. The van der Waals surface area contributed by atoms with Crippen molar-refractivity contribution in [1.29, 1.82) is 0 Å². The molecule has 3 heterocycles. The van der Waals surface area contributed by atoms with Crippen LogP contribution < -0.4 is 9.64 Å². The van der Waals surface area contributed by atoms with Crippen LogP contribution in [0.4, 0.5) is 5.82 Å². The Kier molecular flexibility index (Phi) is 5.99. The van der Waals surface area contributed by atoms with Gasteiger partial charge in [-0.3, -0.25) is 4.79 Å². The fourth-order valence-electron chi connectivity index (χ4n) is 4.27. The third-order valence-electron chi connectivity index (χ3n) is 5.94. The van der Waals surface area contributed by atoms with Gasteiger partial charge in [0.15, 0.2) is 11.6 Å². The standard InChI is InChI=1S/C25H25N5O3/c31-15-11-17-4-3-14-30(16-17)24-25(27-13-12-26-24)33-19-9-7-18(8-10-19)22(32)23-28-20-5-1-2-6-21(20)29-23/h1-2,5-10,12-13,17,31H,3-4,11,14-16H2,(H,28,29). The number of aliphatic hydroxyl groups excluding tert-OH is 1. The van der Waals surface area contributed by atoms with Crippen molar-refractivity contribution in [3.8, 4) is 11.6 Å². The lowest BCUT2D eigenvalue weighted by Crippen LogP contribution is -2.36. The molecule has 0 spiro atoms. The van der Waals surface area contributed by atoms with E-state index in [0.717, 1.165) is 43.4 Å². The van der Waals surface area contributed by atoms with Crippen LogP contribution in [0.25, 0.3) is 11.0 Å². The molecule has 1 fully saturated rings. The number of hydrogen-bond donors (Lipinski definition) is 2. The van der Waals surface area contributed by atoms with Gasteiger partial charge in [0.25, 0.3) is 5.88 Å². The third-order valence-corrected chi connectivity index (χ3v) is 5.94. The van der Waals surface area contributed by atoms with Gasteiger partial charge in [0.1, 0.15) is 5.75 Å². The van der Waals surface area contributed by atoms with E-state index in [1.54, 1.807) is 36.7 Å². The van der Waals surface area contributed by atoms with Gasteiger partial charge in [-0.15, -0.1) is 0 Å². The van der Waals surface area contributed by atoms with Crippen molar-refractivity contribution in [2.75, 3.05) is 24.6 Å². The molecule has 1 saturated heterocycles. The minimum Gasteiger partial charge on any atom is -0.436 e. The summed E-state index contributed by atoms with van der Waals surface area (Å²) >= 11 is 0. The van der Waals surface area contributed by atoms with Crippen LogP contribution in [0, 0.1) is 5.92 Å². The first-order valence-electron chi connectivity index (χ1n) is 11.2. The molecule has 8 heteroatoms. The van der Waals surface area contributed by atoms with E-state index >= 15 is 0 Å².